The number of rotatable bonds is 6. The summed E-state index contributed by atoms with van der Waals surface area (Å²) in [6.45, 7) is 0. The average molecular weight is 373 g/mol. The number of carbonyl (C=O) groups excluding carboxylic acids is 2. The monoisotopic (exact) mass is 373 g/mol. The van der Waals surface area contributed by atoms with Crippen LogP contribution in [-0.2, 0) is 9.53 Å². The van der Waals surface area contributed by atoms with Crippen molar-refractivity contribution in [3.63, 3.8) is 0 Å². The van der Waals surface area contributed by atoms with Gasteiger partial charge in [0, 0.05) is 12.0 Å². The molecule has 1 saturated carbocycles. The Morgan fingerprint density at radius 3 is 2.62 bits per heavy atom. The first-order valence-corrected chi connectivity index (χ1v) is 9.68. The third kappa shape index (κ3) is 4.82. The summed E-state index contributed by atoms with van der Waals surface area (Å²) in [5.74, 6) is 0.662. The number of benzene rings is 1. The summed E-state index contributed by atoms with van der Waals surface area (Å²) in [5, 5.41) is 6.57. The van der Waals surface area contributed by atoms with Gasteiger partial charge in [-0.25, -0.2) is 9.78 Å². The first-order chi connectivity index (χ1) is 12.7. The van der Waals surface area contributed by atoms with E-state index in [1.807, 2.05) is 30.3 Å². The molecular weight excluding hydrogens is 350 g/mol. The molecule has 1 fully saturated rings. The number of nitrogens with zero attached hydrogens (tertiary/aromatic N) is 1. The van der Waals surface area contributed by atoms with Crippen LogP contribution in [0.5, 0.6) is 0 Å². The fourth-order valence-electron chi connectivity index (χ4n) is 3.21. The van der Waals surface area contributed by atoms with Crippen LogP contribution < -0.4 is 10.6 Å². The summed E-state index contributed by atoms with van der Waals surface area (Å²) >= 11 is 1.23. The molecule has 6 nitrogen and oxygen atoms in total. The van der Waals surface area contributed by atoms with E-state index in [1.54, 1.807) is 0 Å². The van der Waals surface area contributed by atoms with E-state index in [0.717, 1.165) is 12.0 Å². The molecule has 0 unspecified atom stereocenters. The molecule has 0 saturated heterocycles. The van der Waals surface area contributed by atoms with Gasteiger partial charge in [-0.2, -0.15) is 0 Å². The maximum absolute atomic E-state index is 12.4. The Morgan fingerprint density at radius 1 is 1.19 bits per heavy atom. The lowest BCUT2D eigenvalue weighted by Gasteiger charge is -2.09. The Kier molecular flexibility index (Phi) is 6.22. The van der Waals surface area contributed by atoms with Gasteiger partial charge in [0.2, 0.25) is 5.91 Å². The second kappa shape index (κ2) is 8.80. The third-order valence-corrected chi connectivity index (χ3v) is 5.46. The molecule has 0 bridgehead atoms. The van der Waals surface area contributed by atoms with Crippen LogP contribution in [0.3, 0.4) is 0 Å². The number of hydrogen-bond donors (Lipinski definition) is 2. The van der Waals surface area contributed by atoms with E-state index >= 15 is 0 Å². The van der Waals surface area contributed by atoms with Crippen LogP contribution in [0, 0.1) is 5.92 Å². The highest BCUT2D eigenvalue weighted by Gasteiger charge is 2.19. The highest BCUT2D eigenvalue weighted by Crippen LogP contribution is 2.36. The van der Waals surface area contributed by atoms with Crippen LogP contribution in [0.4, 0.5) is 14.9 Å². The Balaban J connectivity index is 1.73. The molecule has 0 spiro atoms. The van der Waals surface area contributed by atoms with Crippen molar-refractivity contribution in [2.24, 2.45) is 5.92 Å². The van der Waals surface area contributed by atoms with Crippen LogP contribution in [0.25, 0.3) is 11.3 Å². The second-order valence-corrected chi connectivity index (χ2v) is 7.42. The molecule has 3 rings (SSSR count). The molecule has 1 aromatic carbocycles. The van der Waals surface area contributed by atoms with Gasteiger partial charge in [-0.15, -0.1) is 0 Å². The summed E-state index contributed by atoms with van der Waals surface area (Å²) in [6, 6.07) is 9.58. The highest BCUT2D eigenvalue weighted by atomic mass is 32.1. The van der Waals surface area contributed by atoms with Crippen LogP contribution in [0.2, 0.25) is 0 Å². The SMILES string of the molecule is COC(=O)Nc1nc(-c2ccccc2)c(NC(=O)CCC2CCCC2)s1. The highest BCUT2D eigenvalue weighted by molar-refractivity contribution is 7.20. The Labute approximate surface area is 157 Å². The zero-order valence-corrected chi connectivity index (χ0v) is 15.6. The van der Waals surface area contributed by atoms with E-state index in [4.69, 9.17) is 0 Å². The van der Waals surface area contributed by atoms with Crippen molar-refractivity contribution in [3.8, 4) is 11.3 Å². The largest absolute Gasteiger partial charge is 0.453 e. The third-order valence-electron chi connectivity index (χ3n) is 4.58. The fourth-order valence-corrected chi connectivity index (χ4v) is 4.10. The van der Waals surface area contributed by atoms with Crippen molar-refractivity contribution < 1.29 is 14.3 Å². The molecule has 1 aliphatic carbocycles. The van der Waals surface area contributed by atoms with Gasteiger partial charge in [0.1, 0.15) is 10.7 Å². The number of anilines is 2. The number of thiazole rings is 1. The first kappa shape index (κ1) is 18.4. The van der Waals surface area contributed by atoms with Gasteiger partial charge in [-0.3, -0.25) is 10.1 Å². The van der Waals surface area contributed by atoms with Gasteiger partial charge >= 0.3 is 6.09 Å². The van der Waals surface area contributed by atoms with Crippen LogP contribution in [-0.4, -0.2) is 24.1 Å². The number of amides is 2. The van der Waals surface area contributed by atoms with Crippen LogP contribution in [0.1, 0.15) is 38.5 Å². The lowest BCUT2D eigenvalue weighted by atomic mass is 10.0. The van der Waals surface area contributed by atoms with Crippen LogP contribution >= 0.6 is 11.3 Å². The first-order valence-electron chi connectivity index (χ1n) is 8.87. The molecule has 2 N–H and O–H groups in total. The molecule has 2 amide bonds. The van der Waals surface area contributed by atoms with Crippen molar-refractivity contribution >= 4 is 33.5 Å². The summed E-state index contributed by atoms with van der Waals surface area (Å²) in [4.78, 5) is 28.3. The molecule has 138 valence electrons. The van der Waals surface area contributed by atoms with E-state index < -0.39 is 6.09 Å². The molecule has 0 atom stereocenters. The van der Waals surface area contributed by atoms with Gasteiger partial charge in [0.05, 0.1) is 7.11 Å². The molecule has 2 aromatic rings. The zero-order chi connectivity index (χ0) is 18.4. The van der Waals surface area contributed by atoms with E-state index in [9.17, 15) is 9.59 Å². The maximum Gasteiger partial charge on any atom is 0.413 e. The minimum Gasteiger partial charge on any atom is -0.453 e. The summed E-state index contributed by atoms with van der Waals surface area (Å²) in [7, 11) is 1.30. The van der Waals surface area contributed by atoms with Crippen molar-refractivity contribution in [1.29, 1.82) is 0 Å². The molecule has 1 heterocycles. The van der Waals surface area contributed by atoms with Gasteiger partial charge in [0.15, 0.2) is 5.13 Å². The number of aromatic nitrogens is 1. The Morgan fingerprint density at radius 2 is 1.92 bits per heavy atom. The fraction of sp³-hybridized carbons (Fsp3) is 0.421. The molecule has 26 heavy (non-hydrogen) atoms. The minimum atomic E-state index is -0.586. The Hall–Kier alpha value is -2.41. The van der Waals surface area contributed by atoms with Gasteiger partial charge in [-0.1, -0.05) is 67.4 Å². The predicted octanol–water partition coefficient (Wildman–Crippen LogP) is 4.90. The topological polar surface area (TPSA) is 80.3 Å². The molecule has 7 heteroatoms. The van der Waals surface area contributed by atoms with E-state index in [2.05, 4.69) is 20.4 Å². The number of ether oxygens (including phenoxy) is 1. The quantitative estimate of drug-likeness (QED) is 0.755. The lowest BCUT2D eigenvalue weighted by Crippen LogP contribution is -2.12. The maximum atomic E-state index is 12.4. The normalized spacial score (nSPS) is 14.2. The van der Waals surface area contributed by atoms with Crippen LogP contribution in [0.15, 0.2) is 30.3 Å². The minimum absolute atomic E-state index is 0.0117. The van der Waals surface area contributed by atoms with Crippen molar-refractivity contribution in [2.75, 3.05) is 17.7 Å². The van der Waals surface area contributed by atoms with Gasteiger partial charge < -0.3 is 10.1 Å². The molecular formula is C19H23N3O3S. The van der Waals surface area contributed by atoms with Gasteiger partial charge in [-0.05, 0) is 12.3 Å². The summed E-state index contributed by atoms with van der Waals surface area (Å²) in [5.41, 5.74) is 1.53. The van der Waals surface area contributed by atoms with E-state index in [1.165, 1.54) is 44.1 Å². The summed E-state index contributed by atoms with van der Waals surface area (Å²) in [6.07, 6.45) is 5.88. The summed E-state index contributed by atoms with van der Waals surface area (Å²) < 4.78 is 4.61. The second-order valence-electron chi connectivity index (χ2n) is 6.42. The lowest BCUT2D eigenvalue weighted by molar-refractivity contribution is -0.116. The average Bonchev–Trinajstić information content (AvgIpc) is 3.30. The number of hydrogen-bond acceptors (Lipinski definition) is 5. The van der Waals surface area contributed by atoms with E-state index in [0.29, 0.717) is 28.2 Å². The Bertz CT molecular complexity index is 755. The molecule has 1 aliphatic rings. The number of nitrogens with one attached hydrogen (secondary N) is 2. The molecule has 0 aliphatic heterocycles. The smallest absolute Gasteiger partial charge is 0.413 e. The zero-order valence-electron chi connectivity index (χ0n) is 14.8. The van der Waals surface area contributed by atoms with Crippen molar-refractivity contribution in [3.05, 3.63) is 30.3 Å². The number of methoxy groups -OCH3 is 1. The van der Waals surface area contributed by atoms with Gasteiger partial charge in [0.25, 0.3) is 0 Å². The van der Waals surface area contributed by atoms with Crippen molar-refractivity contribution in [2.45, 2.75) is 38.5 Å². The molecule has 0 radical (unpaired) electrons. The number of carbonyl (C=O) groups is 2. The predicted molar refractivity (Wildman–Crippen MR) is 103 cm³/mol. The van der Waals surface area contributed by atoms with Crippen molar-refractivity contribution in [1.82, 2.24) is 4.98 Å². The standard InChI is InChI=1S/C19H23N3O3S/c1-25-19(24)22-18-21-16(14-9-3-2-4-10-14)17(26-18)20-15(23)12-11-13-7-5-6-8-13/h2-4,9-10,13H,5-8,11-12H2,1H3,(H,20,23)(H,21,22,24). The molecule has 1 aromatic heterocycles. The van der Waals surface area contributed by atoms with E-state index in [-0.39, 0.29) is 5.91 Å².